The Hall–Kier alpha value is -2.89. The number of benzene rings is 2. The molecule has 6 heteroatoms. The molecule has 1 atom stereocenters. The van der Waals surface area contributed by atoms with Crippen LogP contribution in [0.1, 0.15) is 18.1 Å². The van der Waals surface area contributed by atoms with Crippen molar-refractivity contribution in [3.8, 4) is 5.75 Å². The van der Waals surface area contributed by atoms with Crippen LogP contribution >= 0.6 is 0 Å². The summed E-state index contributed by atoms with van der Waals surface area (Å²) in [5.41, 5.74) is 2.51. The van der Waals surface area contributed by atoms with Crippen molar-refractivity contribution in [2.45, 2.75) is 26.8 Å². The molecule has 1 aliphatic heterocycles. The van der Waals surface area contributed by atoms with E-state index in [1.54, 1.807) is 6.92 Å². The second kappa shape index (κ2) is 7.15. The second-order valence-corrected chi connectivity index (χ2v) is 6.36. The molecule has 3 rings (SSSR count). The van der Waals surface area contributed by atoms with Crippen molar-refractivity contribution in [2.75, 3.05) is 18.1 Å². The van der Waals surface area contributed by atoms with Crippen LogP contribution < -0.4 is 9.64 Å². The number of anilines is 1. The summed E-state index contributed by atoms with van der Waals surface area (Å²) in [4.78, 5) is 27.7. The highest BCUT2D eigenvalue weighted by Gasteiger charge is 2.43. The average Bonchev–Trinajstić information content (AvgIpc) is 2.82. The number of carbonyl (C=O) groups excluding carboxylic acids is 2. The second-order valence-electron chi connectivity index (χ2n) is 6.36. The normalized spacial score (nSPS) is 17.2. The summed E-state index contributed by atoms with van der Waals surface area (Å²) >= 11 is 0. The van der Waals surface area contributed by atoms with Crippen molar-refractivity contribution >= 4 is 17.6 Å². The monoisotopic (exact) mass is 356 g/mol. The molecule has 136 valence electrons. The molecular formula is C20H21FN2O3. The number of amides is 3. The molecule has 0 N–H and O–H groups in total. The van der Waals surface area contributed by atoms with Gasteiger partial charge in [-0.3, -0.25) is 14.6 Å². The topological polar surface area (TPSA) is 49.9 Å². The lowest BCUT2D eigenvalue weighted by atomic mass is 10.1. The number of para-hydroxylation sites is 1. The Morgan fingerprint density at radius 2 is 1.65 bits per heavy atom. The third-order valence-electron chi connectivity index (χ3n) is 4.52. The summed E-state index contributed by atoms with van der Waals surface area (Å²) in [6.45, 7) is 5.94. The largest absolute Gasteiger partial charge is 0.491 e. The van der Waals surface area contributed by atoms with Crippen LogP contribution in [0.5, 0.6) is 5.75 Å². The Labute approximate surface area is 152 Å². The van der Waals surface area contributed by atoms with Gasteiger partial charge in [-0.05, 0) is 56.2 Å². The van der Waals surface area contributed by atoms with Gasteiger partial charge in [0.15, 0.2) is 0 Å². The number of ether oxygens (including phenoxy) is 1. The predicted molar refractivity (Wildman–Crippen MR) is 96.9 cm³/mol. The highest BCUT2D eigenvalue weighted by atomic mass is 19.1. The van der Waals surface area contributed by atoms with Crippen LogP contribution in [0.15, 0.2) is 42.5 Å². The Morgan fingerprint density at radius 1 is 1.04 bits per heavy atom. The van der Waals surface area contributed by atoms with Gasteiger partial charge in [0, 0.05) is 5.69 Å². The maximum absolute atomic E-state index is 13.1. The molecule has 1 saturated heterocycles. The molecule has 26 heavy (non-hydrogen) atoms. The van der Waals surface area contributed by atoms with E-state index in [4.69, 9.17) is 4.74 Å². The highest BCUT2D eigenvalue weighted by molar-refractivity contribution is 6.14. The van der Waals surface area contributed by atoms with Gasteiger partial charge < -0.3 is 4.74 Å². The van der Waals surface area contributed by atoms with Gasteiger partial charge in [0.05, 0.1) is 6.54 Å². The standard InChI is InChI=1S/C20H21FN2O3/c1-13-5-4-6-14(2)18(13)26-12-11-22-19(24)15(3)23(20(22)25)17-9-7-16(21)8-10-17/h4-10,15H,11-12H2,1-3H3. The zero-order valence-electron chi connectivity index (χ0n) is 15.0. The van der Waals surface area contributed by atoms with Gasteiger partial charge in [-0.1, -0.05) is 18.2 Å². The summed E-state index contributed by atoms with van der Waals surface area (Å²) in [5, 5.41) is 0. The average molecular weight is 356 g/mol. The van der Waals surface area contributed by atoms with E-state index in [0.717, 1.165) is 16.9 Å². The number of nitrogens with zero attached hydrogens (tertiary/aromatic N) is 2. The SMILES string of the molecule is Cc1cccc(C)c1OCCN1C(=O)C(C)N(c2ccc(F)cc2)C1=O. The minimum Gasteiger partial charge on any atom is -0.491 e. The first-order chi connectivity index (χ1) is 12.4. The summed E-state index contributed by atoms with van der Waals surface area (Å²) < 4.78 is 18.9. The molecule has 0 bridgehead atoms. The van der Waals surface area contributed by atoms with E-state index < -0.39 is 17.9 Å². The minimum absolute atomic E-state index is 0.160. The molecule has 3 amide bonds. The van der Waals surface area contributed by atoms with Crippen molar-refractivity contribution in [1.29, 1.82) is 0 Å². The summed E-state index contributed by atoms with van der Waals surface area (Å²) in [5.74, 6) is 0.0951. The maximum atomic E-state index is 13.1. The number of aryl methyl sites for hydroxylation is 2. The zero-order valence-corrected chi connectivity index (χ0v) is 15.0. The first kappa shape index (κ1) is 17.9. The van der Waals surface area contributed by atoms with E-state index in [0.29, 0.717) is 5.69 Å². The molecule has 1 fully saturated rings. The molecular weight excluding hydrogens is 335 g/mol. The molecule has 2 aromatic carbocycles. The van der Waals surface area contributed by atoms with Gasteiger partial charge in [0.25, 0.3) is 5.91 Å². The summed E-state index contributed by atoms with van der Waals surface area (Å²) in [7, 11) is 0. The number of carbonyl (C=O) groups is 2. The van der Waals surface area contributed by atoms with Crippen LogP contribution in [0.2, 0.25) is 0 Å². The third-order valence-corrected chi connectivity index (χ3v) is 4.52. The van der Waals surface area contributed by atoms with Crippen LogP contribution in [0.4, 0.5) is 14.9 Å². The van der Waals surface area contributed by atoms with E-state index >= 15 is 0 Å². The van der Waals surface area contributed by atoms with E-state index in [1.807, 2.05) is 32.0 Å². The lowest BCUT2D eigenvalue weighted by Gasteiger charge is -2.19. The van der Waals surface area contributed by atoms with Gasteiger partial charge in [0.1, 0.15) is 24.2 Å². The van der Waals surface area contributed by atoms with Crippen LogP contribution in [0, 0.1) is 19.7 Å². The van der Waals surface area contributed by atoms with E-state index in [2.05, 4.69) is 0 Å². The Morgan fingerprint density at radius 3 is 2.27 bits per heavy atom. The van der Waals surface area contributed by atoms with Crippen LogP contribution in [-0.2, 0) is 4.79 Å². The van der Waals surface area contributed by atoms with Crippen molar-refractivity contribution in [3.63, 3.8) is 0 Å². The molecule has 0 radical (unpaired) electrons. The third kappa shape index (κ3) is 3.27. The first-order valence-electron chi connectivity index (χ1n) is 8.49. The van der Waals surface area contributed by atoms with Gasteiger partial charge in [-0.2, -0.15) is 0 Å². The summed E-state index contributed by atoms with van der Waals surface area (Å²) in [6, 6.07) is 10.3. The van der Waals surface area contributed by atoms with E-state index in [9.17, 15) is 14.0 Å². The van der Waals surface area contributed by atoms with Crippen molar-refractivity contribution < 1.29 is 18.7 Å². The van der Waals surface area contributed by atoms with Gasteiger partial charge in [-0.25, -0.2) is 9.18 Å². The molecule has 1 heterocycles. The predicted octanol–water partition coefficient (Wildman–Crippen LogP) is 3.68. The molecule has 0 aromatic heterocycles. The fourth-order valence-electron chi connectivity index (χ4n) is 3.13. The fraction of sp³-hybridized carbons (Fsp3) is 0.300. The molecule has 0 aliphatic carbocycles. The Kier molecular flexibility index (Phi) is 4.93. The molecule has 0 saturated carbocycles. The number of hydrogen-bond acceptors (Lipinski definition) is 3. The number of hydrogen-bond donors (Lipinski definition) is 0. The number of imide groups is 1. The zero-order chi connectivity index (χ0) is 18.8. The van der Waals surface area contributed by atoms with Gasteiger partial charge >= 0.3 is 6.03 Å². The number of halogens is 1. The van der Waals surface area contributed by atoms with Crippen molar-refractivity contribution in [1.82, 2.24) is 4.90 Å². The van der Waals surface area contributed by atoms with Crippen molar-refractivity contribution in [3.05, 3.63) is 59.4 Å². The first-order valence-corrected chi connectivity index (χ1v) is 8.49. The van der Waals surface area contributed by atoms with Crippen LogP contribution in [0.3, 0.4) is 0 Å². The molecule has 1 unspecified atom stereocenters. The lowest BCUT2D eigenvalue weighted by Crippen LogP contribution is -2.36. The van der Waals surface area contributed by atoms with E-state index in [1.165, 1.54) is 34.1 Å². The number of rotatable bonds is 5. The van der Waals surface area contributed by atoms with Gasteiger partial charge in [-0.15, -0.1) is 0 Å². The molecule has 0 spiro atoms. The quantitative estimate of drug-likeness (QED) is 0.768. The van der Waals surface area contributed by atoms with Crippen molar-refractivity contribution in [2.24, 2.45) is 0 Å². The maximum Gasteiger partial charge on any atom is 0.332 e. The minimum atomic E-state index is -0.631. The molecule has 5 nitrogen and oxygen atoms in total. The van der Waals surface area contributed by atoms with Gasteiger partial charge in [0.2, 0.25) is 0 Å². The van der Waals surface area contributed by atoms with E-state index in [-0.39, 0.29) is 19.1 Å². The van der Waals surface area contributed by atoms with Crippen LogP contribution in [0.25, 0.3) is 0 Å². The molecule has 2 aromatic rings. The lowest BCUT2D eigenvalue weighted by molar-refractivity contribution is -0.127. The Balaban J connectivity index is 1.70. The Bertz CT molecular complexity index is 815. The van der Waals surface area contributed by atoms with Crippen LogP contribution in [-0.4, -0.2) is 36.0 Å². The summed E-state index contributed by atoms with van der Waals surface area (Å²) in [6.07, 6.45) is 0. The number of urea groups is 1. The fourth-order valence-corrected chi connectivity index (χ4v) is 3.13. The highest BCUT2D eigenvalue weighted by Crippen LogP contribution is 2.26. The molecule has 1 aliphatic rings. The smallest absolute Gasteiger partial charge is 0.332 e.